The van der Waals surface area contributed by atoms with Gasteiger partial charge in [0.25, 0.3) is 0 Å². The molecule has 2 N–H and O–H groups in total. The van der Waals surface area contributed by atoms with Gasteiger partial charge in [-0.1, -0.05) is 26.2 Å². The average molecular weight is 232 g/mol. The van der Waals surface area contributed by atoms with Crippen molar-refractivity contribution in [3.05, 3.63) is 29.6 Å². The highest BCUT2D eigenvalue weighted by Gasteiger charge is 2.26. The van der Waals surface area contributed by atoms with Gasteiger partial charge in [-0.2, -0.15) is 0 Å². The molecule has 0 radical (unpaired) electrons. The van der Waals surface area contributed by atoms with E-state index in [1.54, 1.807) is 0 Å². The van der Waals surface area contributed by atoms with Gasteiger partial charge in [-0.25, -0.2) is 0 Å². The Morgan fingerprint density at radius 3 is 2.65 bits per heavy atom. The molecule has 94 valence electrons. The van der Waals surface area contributed by atoms with Gasteiger partial charge in [-0.05, 0) is 48.8 Å². The Morgan fingerprint density at radius 1 is 1.35 bits per heavy atom. The highest BCUT2D eigenvalue weighted by atomic mass is 14.7. The molecule has 1 fully saturated rings. The van der Waals surface area contributed by atoms with Crippen LogP contribution < -0.4 is 5.73 Å². The predicted molar refractivity (Wildman–Crippen MR) is 71.6 cm³/mol. The molecule has 0 bridgehead atoms. The van der Waals surface area contributed by atoms with Crippen LogP contribution in [0.1, 0.15) is 56.2 Å². The largest absolute Gasteiger partial charge is 0.324 e. The Labute approximate surface area is 105 Å². The first-order valence-electron chi connectivity index (χ1n) is 6.88. The van der Waals surface area contributed by atoms with Crippen molar-refractivity contribution in [2.24, 2.45) is 17.6 Å². The molecule has 0 aliphatic heterocycles. The summed E-state index contributed by atoms with van der Waals surface area (Å²) in [5.74, 6) is 1.61. The van der Waals surface area contributed by atoms with Crippen LogP contribution in [-0.2, 0) is 0 Å². The summed E-state index contributed by atoms with van der Waals surface area (Å²) in [6.07, 6.45) is 10.4. The maximum absolute atomic E-state index is 6.43. The molecular formula is C15H24N2. The molecule has 0 saturated heterocycles. The minimum Gasteiger partial charge on any atom is -0.324 e. The monoisotopic (exact) mass is 232 g/mol. The number of nitrogens with zero attached hydrogens (tertiary/aromatic N) is 1. The number of aromatic nitrogens is 1. The van der Waals surface area contributed by atoms with Crippen molar-refractivity contribution in [3.8, 4) is 0 Å². The Balaban J connectivity index is 2.02. The Hall–Kier alpha value is -0.890. The molecule has 1 aromatic rings. The van der Waals surface area contributed by atoms with E-state index in [1.165, 1.54) is 43.2 Å². The summed E-state index contributed by atoms with van der Waals surface area (Å²) in [4.78, 5) is 4.14. The molecule has 1 aliphatic carbocycles. The van der Waals surface area contributed by atoms with Gasteiger partial charge in [-0.15, -0.1) is 0 Å². The average Bonchev–Trinajstić information content (AvgIpc) is 2.39. The molecule has 1 unspecified atom stereocenters. The van der Waals surface area contributed by atoms with Crippen molar-refractivity contribution >= 4 is 0 Å². The van der Waals surface area contributed by atoms with Gasteiger partial charge >= 0.3 is 0 Å². The lowest BCUT2D eigenvalue weighted by atomic mass is 9.76. The first kappa shape index (κ1) is 12.6. The standard InChI is InChI=1S/C15H24N2/c1-3-12-4-6-13(7-5-12)15(16)14-8-9-17-10-11(14)2/h8-10,12-13,15H,3-7,16H2,1-2H3. The van der Waals surface area contributed by atoms with Crippen LogP contribution in [0.2, 0.25) is 0 Å². The fraction of sp³-hybridized carbons (Fsp3) is 0.667. The molecule has 0 spiro atoms. The van der Waals surface area contributed by atoms with Crippen LogP contribution in [0, 0.1) is 18.8 Å². The third kappa shape index (κ3) is 2.86. The quantitative estimate of drug-likeness (QED) is 0.864. The number of hydrogen-bond donors (Lipinski definition) is 1. The zero-order valence-electron chi connectivity index (χ0n) is 11.0. The Morgan fingerprint density at radius 2 is 2.06 bits per heavy atom. The van der Waals surface area contributed by atoms with Crippen molar-refractivity contribution in [1.82, 2.24) is 4.98 Å². The van der Waals surface area contributed by atoms with Gasteiger partial charge < -0.3 is 5.73 Å². The smallest absolute Gasteiger partial charge is 0.0327 e. The topological polar surface area (TPSA) is 38.9 Å². The number of aryl methyl sites for hydroxylation is 1. The Kier molecular flexibility index (Phi) is 4.16. The molecule has 1 aromatic heterocycles. The van der Waals surface area contributed by atoms with Crippen LogP contribution in [0.3, 0.4) is 0 Å². The molecule has 0 amide bonds. The minimum atomic E-state index is 0.204. The van der Waals surface area contributed by atoms with Crippen molar-refractivity contribution < 1.29 is 0 Å². The van der Waals surface area contributed by atoms with E-state index in [9.17, 15) is 0 Å². The zero-order chi connectivity index (χ0) is 12.3. The zero-order valence-corrected chi connectivity index (χ0v) is 11.0. The van der Waals surface area contributed by atoms with Gasteiger partial charge in [0.05, 0.1) is 0 Å². The lowest BCUT2D eigenvalue weighted by molar-refractivity contribution is 0.239. The molecule has 0 aromatic carbocycles. The minimum absolute atomic E-state index is 0.204. The summed E-state index contributed by atoms with van der Waals surface area (Å²) in [7, 11) is 0. The van der Waals surface area contributed by atoms with Crippen LogP contribution in [0.15, 0.2) is 18.5 Å². The van der Waals surface area contributed by atoms with Gasteiger partial charge in [0.2, 0.25) is 0 Å². The second kappa shape index (κ2) is 5.63. The third-order valence-electron chi connectivity index (χ3n) is 4.40. The van der Waals surface area contributed by atoms with Crippen LogP contribution >= 0.6 is 0 Å². The number of nitrogens with two attached hydrogens (primary N) is 1. The van der Waals surface area contributed by atoms with Crippen LogP contribution in [-0.4, -0.2) is 4.98 Å². The second-order valence-electron chi connectivity index (χ2n) is 5.45. The lowest BCUT2D eigenvalue weighted by Gasteiger charge is -2.32. The number of pyridine rings is 1. The third-order valence-corrected chi connectivity index (χ3v) is 4.40. The highest BCUT2D eigenvalue weighted by molar-refractivity contribution is 5.25. The van der Waals surface area contributed by atoms with Gasteiger partial charge in [-0.3, -0.25) is 4.98 Å². The molecule has 2 heteroatoms. The molecule has 17 heavy (non-hydrogen) atoms. The maximum Gasteiger partial charge on any atom is 0.0327 e. The molecule has 1 saturated carbocycles. The first-order valence-corrected chi connectivity index (χ1v) is 6.88. The van der Waals surface area contributed by atoms with Gasteiger partial charge in [0.1, 0.15) is 0 Å². The highest BCUT2D eigenvalue weighted by Crippen LogP contribution is 2.37. The van der Waals surface area contributed by atoms with Crippen molar-refractivity contribution in [3.63, 3.8) is 0 Å². The number of rotatable bonds is 3. The summed E-state index contributed by atoms with van der Waals surface area (Å²) in [6.45, 7) is 4.41. The summed E-state index contributed by atoms with van der Waals surface area (Å²) >= 11 is 0. The fourth-order valence-corrected chi connectivity index (χ4v) is 3.07. The molecule has 2 rings (SSSR count). The van der Waals surface area contributed by atoms with Crippen LogP contribution in [0.25, 0.3) is 0 Å². The summed E-state index contributed by atoms with van der Waals surface area (Å²) in [5, 5.41) is 0. The summed E-state index contributed by atoms with van der Waals surface area (Å²) in [6, 6.07) is 2.29. The Bertz CT molecular complexity index is 354. The molecule has 1 aliphatic rings. The van der Waals surface area contributed by atoms with E-state index < -0.39 is 0 Å². The van der Waals surface area contributed by atoms with Gasteiger partial charge in [0, 0.05) is 18.4 Å². The van der Waals surface area contributed by atoms with Crippen molar-refractivity contribution in [2.75, 3.05) is 0 Å². The molecular weight excluding hydrogens is 208 g/mol. The normalized spacial score (nSPS) is 26.8. The van der Waals surface area contributed by atoms with Crippen LogP contribution in [0.5, 0.6) is 0 Å². The predicted octanol–water partition coefficient (Wildman–Crippen LogP) is 3.61. The molecule has 1 atom stereocenters. The van der Waals surface area contributed by atoms with Gasteiger partial charge in [0.15, 0.2) is 0 Å². The lowest BCUT2D eigenvalue weighted by Crippen LogP contribution is -2.26. The maximum atomic E-state index is 6.43. The molecule has 2 nitrogen and oxygen atoms in total. The SMILES string of the molecule is CCC1CCC(C(N)c2ccncc2C)CC1. The first-order chi connectivity index (χ1) is 8.22. The summed E-state index contributed by atoms with van der Waals surface area (Å²) < 4.78 is 0. The number of hydrogen-bond acceptors (Lipinski definition) is 2. The van der Waals surface area contributed by atoms with E-state index in [2.05, 4.69) is 24.9 Å². The van der Waals surface area contributed by atoms with E-state index in [-0.39, 0.29) is 6.04 Å². The van der Waals surface area contributed by atoms with Crippen molar-refractivity contribution in [1.29, 1.82) is 0 Å². The van der Waals surface area contributed by atoms with E-state index in [1.807, 2.05) is 12.4 Å². The fourth-order valence-electron chi connectivity index (χ4n) is 3.07. The van der Waals surface area contributed by atoms with Crippen LogP contribution in [0.4, 0.5) is 0 Å². The summed E-state index contributed by atoms with van der Waals surface area (Å²) in [5.41, 5.74) is 8.96. The van der Waals surface area contributed by atoms with E-state index in [0.717, 1.165) is 5.92 Å². The van der Waals surface area contributed by atoms with Crippen molar-refractivity contribution in [2.45, 2.75) is 52.0 Å². The van der Waals surface area contributed by atoms with E-state index in [4.69, 9.17) is 5.73 Å². The van der Waals surface area contributed by atoms with E-state index in [0.29, 0.717) is 5.92 Å². The van der Waals surface area contributed by atoms with E-state index >= 15 is 0 Å². The molecule has 1 heterocycles. The second-order valence-corrected chi connectivity index (χ2v) is 5.45.